The molecule has 2 aromatic rings. The van der Waals surface area contributed by atoms with E-state index in [-0.39, 0.29) is 15.5 Å². The number of sulfonamides is 2. The summed E-state index contributed by atoms with van der Waals surface area (Å²) in [5, 5.41) is 0. The third-order valence-corrected chi connectivity index (χ3v) is 7.61. The van der Waals surface area contributed by atoms with Gasteiger partial charge in [-0.15, -0.1) is 0 Å². The fourth-order valence-electron chi connectivity index (χ4n) is 2.97. The Hall–Kier alpha value is -2.39. The van der Waals surface area contributed by atoms with Crippen LogP contribution in [0, 0.1) is 13.8 Å². The molecule has 9 heteroatoms. The molecule has 1 aliphatic heterocycles. The highest BCUT2D eigenvalue weighted by Gasteiger charge is 2.19. The van der Waals surface area contributed by atoms with Crippen LogP contribution in [0.5, 0.6) is 0 Å². The Balaban J connectivity index is 1.75. The number of hydrogen-bond acceptors (Lipinski definition) is 5. The second-order valence-corrected chi connectivity index (χ2v) is 10.5. The minimum atomic E-state index is -3.76. The number of amidine groups is 1. The zero-order chi connectivity index (χ0) is 21.1. The van der Waals surface area contributed by atoms with E-state index in [2.05, 4.69) is 14.4 Å². The maximum Gasteiger partial charge on any atom is 0.262 e. The molecule has 0 saturated heterocycles. The van der Waals surface area contributed by atoms with Crippen LogP contribution in [0.25, 0.3) is 0 Å². The monoisotopic (exact) mass is 435 g/mol. The number of hydrogen-bond donors (Lipinski definition) is 2. The van der Waals surface area contributed by atoms with Gasteiger partial charge in [0.15, 0.2) is 0 Å². The van der Waals surface area contributed by atoms with E-state index >= 15 is 0 Å². The number of benzene rings is 2. The first-order valence-corrected chi connectivity index (χ1v) is 12.4. The molecule has 2 aromatic carbocycles. The van der Waals surface area contributed by atoms with Crippen molar-refractivity contribution in [2.45, 2.75) is 49.3 Å². The lowest BCUT2D eigenvalue weighted by molar-refractivity contribution is 0.591. The molecule has 1 aliphatic rings. The van der Waals surface area contributed by atoms with Crippen LogP contribution in [0.15, 0.2) is 57.2 Å². The van der Waals surface area contributed by atoms with Crippen LogP contribution in [0.1, 0.15) is 36.8 Å². The number of rotatable bonds is 5. The Kier molecular flexibility index (Phi) is 6.28. The van der Waals surface area contributed by atoms with Gasteiger partial charge in [0.25, 0.3) is 20.0 Å². The lowest BCUT2D eigenvalue weighted by Crippen LogP contribution is -2.30. The summed E-state index contributed by atoms with van der Waals surface area (Å²) in [6.07, 6.45) is 3.50. The van der Waals surface area contributed by atoms with Crippen LogP contribution in [0.4, 0.5) is 5.69 Å². The predicted molar refractivity (Wildman–Crippen MR) is 114 cm³/mol. The van der Waals surface area contributed by atoms with Gasteiger partial charge in [-0.05, 0) is 74.2 Å². The highest BCUT2D eigenvalue weighted by Crippen LogP contribution is 2.20. The van der Waals surface area contributed by atoms with Crippen LogP contribution in [0.3, 0.4) is 0 Å². The molecule has 0 spiro atoms. The summed E-state index contributed by atoms with van der Waals surface area (Å²) in [6, 6.07) is 10.5. The summed E-state index contributed by atoms with van der Waals surface area (Å²) in [5.74, 6) is 0.474. The molecule has 156 valence electrons. The highest BCUT2D eigenvalue weighted by molar-refractivity contribution is 7.92. The number of aryl methyl sites for hydroxylation is 2. The number of nitrogens with zero attached hydrogens (tertiary/aromatic N) is 1. The van der Waals surface area contributed by atoms with Gasteiger partial charge in [0, 0.05) is 18.7 Å². The van der Waals surface area contributed by atoms with E-state index < -0.39 is 20.0 Å². The van der Waals surface area contributed by atoms with Gasteiger partial charge < -0.3 is 0 Å². The first kappa shape index (κ1) is 21.3. The van der Waals surface area contributed by atoms with Crippen molar-refractivity contribution in [3.8, 4) is 0 Å². The lowest BCUT2D eigenvalue weighted by atomic mass is 10.1. The Morgan fingerprint density at radius 1 is 0.759 bits per heavy atom. The molecule has 0 amide bonds. The normalized spacial score (nSPS) is 15.3. The van der Waals surface area contributed by atoms with Gasteiger partial charge in [0.05, 0.1) is 9.79 Å². The first-order valence-electron chi connectivity index (χ1n) is 9.44. The van der Waals surface area contributed by atoms with Gasteiger partial charge in [0.2, 0.25) is 0 Å². The molecular formula is C20H25N3O4S2. The topological polar surface area (TPSA) is 105 Å². The van der Waals surface area contributed by atoms with Crippen LogP contribution in [-0.2, 0) is 20.0 Å². The van der Waals surface area contributed by atoms with Crippen molar-refractivity contribution in [3.05, 3.63) is 53.6 Å². The van der Waals surface area contributed by atoms with E-state index in [4.69, 9.17) is 0 Å². The maximum atomic E-state index is 12.6. The molecule has 1 heterocycles. The summed E-state index contributed by atoms with van der Waals surface area (Å²) in [6.45, 7) is 4.38. The number of nitrogens with one attached hydrogen (secondary N) is 2. The van der Waals surface area contributed by atoms with Crippen molar-refractivity contribution in [2.75, 3.05) is 11.3 Å². The fourth-order valence-corrected chi connectivity index (χ4v) is 5.20. The van der Waals surface area contributed by atoms with Crippen molar-refractivity contribution in [1.29, 1.82) is 0 Å². The Morgan fingerprint density at radius 3 is 2.10 bits per heavy atom. The average molecular weight is 436 g/mol. The Morgan fingerprint density at radius 2 is 1.41 bits per heavy atom. The minimum Gasteiger partial charge on any atom is -0.280 e. The van der Waals surface area contributed by atoms with Gasteiger partial charge in [-0.2, -0.15) is 0 Å². The van der Waals surface area contributed by atoms with E-state index in [9.17, 15) is 16.8 Å². The summed E-state index contributed by atoms with van der Waals surface area (Å²) in [5.41, 5.74) is 2.17. The van der Waals surface area contributed by atoms with Gasteiger partial charge in [-0.25, -0.2) is 16.8 Å². The minimum absolute atomic E-state index is 0.0542. The Bertz CT molecular complexity index is 1120. The maximum absolute atomic E-state index is 12.6. The zero-order valence-corrected chi connectivity index (χ0v) is 18.1. The molecule has 0 fully saturated rings. The van der Waals surface area contributed by atoms with Crippen molar-refractivity contribution >= 4 is 31.6 Å². The molecule has 0 bridgehead atoms. The molecule has 0 aromatic heterocycles. The van der Waals surface area contributed by atoms with E-state index in [1.165, 1.54) is 24.3 Å². The summed E-state index contributed by atoms with van der Waals surface area (Å²) in [4.78, 5) is 4.49. The molecule has 7 nitrogen and oxygen atoms in total. The quantitative estimate of drug-likeness (QED) is 0.751. The molecule has 3 rings (SSSR count). The summed E-state index contributed by atoms with van der Waals surface area (Å²) < 4.78 is 55.3. The highest BCUT2D eigenvalue weighted by atomic mass is 32.2. The molecule has 0 saturated carbocycles. The third-order valence-electron chi connectivity index (χ3n) is 4.83. The van der Waals surface area contributed by atoms with Crippen LogP contribution in [-0.4, -0.2) is 29.2 Å². The Labute approximate surface area is 172 Å². The van der Waals surface area contributed by atoms with E-state index in [1.807, 2.05) is 13.8 Å². The molecule has 0 radical (unpaired) electrons. The molecule has 29 heavy (non-hydrogen) atoms. The van der Waals surface area contributed by atoms with Crippen molar-refractivity contribution in [2.24, 2.45) is 4.99 Å². The van der Waals surface area contributed by atoms with Crippen molar-refractivity contribution in [3.63, 3.8) is 0 Å². The van der Waals surface area contributed by atoms with Gasteiger partial charge in [-0.1, -0.05) is 12.5 Å². The van der Waals surface area contributed by atoms with Gasteiger partial charge >= 0.3 is 0 Å². The van der Waals surface area contributed by atoms with Crippen molar-refractivity contribution < 1.29 is 16.8 Å². The SMILES string of the molecule is Cc1ccc(S(=O)(=O)Nc2ccc(S(=O)(=O)NC3=NCCCCC3)cc2)cc1C. The predicted octanol–water partition coefficient (Wildman–Crippen LogP) is 3.36. The average Bonchev–Trinajstić information content (AvgIpc) is 2.92. The van der Waals surface area contributed by atoms with E-state index in [0.717, 1.165) is 30.4 Å². The van der Waals surface area contributed by atoms with Crippen LogP contribution >= 0.6 is 0 Å². The lowest BCUT2D eigenvalue weighted by Gasteiger charge is -2.12. The van der Waals surface area contributed by atoms with E-state index in [0.29, 0.717) is 18.8 Å². The standard InChI is InChI=1S/C20H25N3O4S2/c1-15-7-10-19(14-16(15)2)29(26,27)22-17-8-11-18(12-9-17)28(24,25)23-20-6-4-3-5-13-21-20/h7-12,14,22H,3-6,13H2,1-2H3,(H,21,23). The third kappa shape index (κ3) is 5.36. The molecule has 0 aliphatic carbocycles. The number of aliphatic imine (C=N–C) groups is 1. The van der Waals surface area contributed by atoms with Crippen molar-refractivity contribution in [1.82, 2.24) is 4.72 Å². The largest absolute Gasteiger partial charge is 0.280 e. The van der Waals surface area contributed by atoms with Gasteiger partial charge in [-0.3, -0.25) is 14.4 Å². The summed E-state index contributed by atoms with van der Waals surface area (Å²) >= 11 is 0. The van der Waals surface area contributed by atoms with E-state index in [1.54, 1.807) is 18.2 Å². The molecule has 0 atom stereocenters. The smallest absolute Gasteiger partial charge is 0.262 e. The first-order chi connectivity index (χ1) is 13.7. The fraction of sp³-hybridized carbons (Fsp3) is 0.350. The zero-order valence-electron chi connectivity index (χ0n) is 16.5. The van der Waals surface area contributed by atoms with Crippen LogP contribution < -0.4 is 9.44 Å². The molecular weight excluding hydrogens is 410 g/mol. The molecule has 2 N–H and O–H groups in total. The molecule has 0 unspecified atom stereocenters. The second-order valence-electron chi connectivity index (χ2n) is 7.12. The van der Waals surface area contributed by atoms with Crippen LogP contribution in [0.2, 0.25) is 0 Å². The summed E-state index contributed by atoms with van der Waals surface area (Å²) in [7, 11) is -7.52. The van der Waals surface area contributed by atoms with Gasteiger partial charge in [0.1, 0.15) is 5.84 Å². The number of anilines is 1. The second kappa shape index (κ2) is 8.54.